The zero-order valence-corrected chi connectivity index (χ0v) is 29.6. The van der Waals surface area contributed by atoms with Crippen molar-refractivity contribution in [3.05, 3.63) is 121 Å². The highest BCUT2D eigenvalue weighted by Crippen LogP contribution is 2.43. The molecule has 1 nitrogen and oxygen atoms in total. The van der Waals surface area contributed by atoms with Crippen molar-refractivity contribution < 1.29 is 4.42 Å². The molecule has 0 fully saturated rings. The van der Waals surface area contributed by atoms with E-state index in [-0.39, 0.29) is 43.7 Å². The highest BCUT2D eigenvalue weighted by molar-refractivity contribution is 6.71. The van der Waals surface area contributed by atoms with Crippen molar-refractivity contribution in [2.75, 3.05) is 0 Å². The van der Waals surface area contributed by atoms with E-state index in [2.05, 4.69) is 72.8 Å². The first kappa shape index (κ1) is 33.9. The average Bonchev–Trinajstić information content (AvgIpc) is 3.57. The first-order valence-electron chi connectivity index (χ1n) is 17.8. The lowest BCUT2D eigenvalue weighted by molar-refractivity contribution is 0.669. The van der Waals surface area contributed by atoms with Gasteiger partial charge in [0, 0.05) is 10.8 Å². The van der Waals surface area contributed by atoms with E-state index >= 15 is 0 Å². The summed E-state index contributed by atoms with van der Waals surface area (Å²) in [7, 11) is 54.8. The largest absolute Gasteiger partial charge is 0.456 e. The Morgan fingerprint density at radius 3 is 1.40 bits per heavy atom. The number of fused-ring (bicyclic) bond motifs is 7. The van der Waals surface area contributed by atoms with E-state index in [0.717, 1.165) is 65.7 Å². The summed E-state index contributed by atoms with van der Waals surface area (Å²) in [5.74, 6) is 0. The van der Waals surface area contributed by atoms with Gasteiger partial charge < -0.3 is 4.42 Å². The van der Waals surface area contributed by atoms with E-state index in [1.54, 1.807) is 0 Å². The molecular weight excluding hydrogens is 655 g/mol. The van der Waals surface area contributed by atoms with E-state index in [4.69, 9.17) is 67.2 Å². The van der Waals surface area contributed by atoms with E-state index in [1.165, 1.54) is 0 Å². The lowest BCUT2D eigenvalue weighted by Gasteiger charge is -2.28. The molecule has 9 aromatic carbocycles. The van der Waals surface area contributed by atoms with Crippen molar-refractivity contribution in [3.8, 4) is 33.4 Å². The maximum Gasteiger partial charge on any atom is 0.136 e. The number of hydrogen-bond acceptors (Lipinski definition) is 1. The van der Waals surface area contributed by atoms with Crippen molar-refractivity contribution in [2.24, 2.45) is 0 Å². The summed E-state index contributed by atoms with van der Waals surface area (Å²) in [6.07, 6.45) is 0. The quantitative estimate of drug-likeness (QED) is 0.207. The van der Waals surface area contributed by atoms with Crippen LogP contribution in [0.5, 0.6) is 0 Å². The van der Waals surface area contributed by atoms with E-state index in [1.807, 2.05) is 48.5 Å². The zero-order valence-electron chi connectivity index (χ0n) is 29.6. The number of hydrogen-bond donors (Lipinski definition) is 0. The Morgan fingerprint density at radius 2 is 0.782 bits per heavy atom. The van der Waals surface area contributed by atoms with Gasteiger partial charge in [-0.25, -0.2) is 0 Å². The van der Waals surface area contributed by atoms with Gasteiger partial charge in [-0.1, -0.05) is 113 Å². The first-order chi connectivity index (χ1) is 26.6. The van der Waals surface area contributed by atoms with Crippen LogP contribution in [-0.2, 0) is 0 Å². The van der Waals surface area contributed by atoms with E-state index < -0.39 is 0 Å². The third kappa shape index (κ3) is 4.91. The summed E-state index contributed by atoms with van der Waals surface area (Å²) in [6, 6.07) is 41.1. The minimum absolute atomic E-state index is 0.164. The van der Waals surface area contributed by atoms with Gasteiger partial charge in [-0.05, 0) is 107 Å². The predicted molar refractivity (Wildman–Crippen MR) is 243 cm³/mol. The summed E-state index contributed by atoms with van der Waals surface area (Å²) in [5, 5.41) is 8.54. The Hall–Kier alpha value is -5.66. The minimum atomic E-state index is 0.164. The molecule has 0 bridgehead atoms. The maximum atomic E-state index is 7.04. The molecule has 1 heterocycles. The first-order valence-corrected chi connectivity index (χ1v) is 17.8. The summed E-state index contributed by atoms with van der Waals surface area (Å²) >= 11 is 0. The van der Waals surface area contributed by atoms with Crippen LogP contribution in [0.1, 0.15) is 0 Å². The van der Waals surface area contributed by atoms with Crippen LogP contribution in [0.15, 0.2) is 126 Å². The van der Waals surface area contributed by atoms with Crippen LogP contribution in [-0.4, -0.2) is 62.8 Å². The molecule has 16 radical (unpaired) electrons. The maximum absolute atomic E-state index is 7.04. The standard InChI is InChI=1S/C46H20B8O/c47-39-35-33(25-12-5-11-24(17-25)28-14-6-10-21-7-3-4-13-27(21)28)36-38(42(50)46(54)44(52)40(36)48)34(37(35)41(49)45(53)43(39)51)26-15-16-31-29(19-26)30-18-22-8-1-2-9-23(22)20-32(30)55-31/h1-20H. The highest BCUT2D eigenvalue weighted by Gasteiger charge is 2.25. The second kappa shape index (κ2) is 12.4. The van der Waals surface area contributed by atoms with Crippen molar-refractivity contribution >= 4 is 172 Å². The Labute approximate surface area is 329 Å². The summed E-state index contributed by atoms with van der Waals surface area (Å²) in [5.41, 5.74) is 8.06. The lowest BCUT2D eigenvalue weighted by Crippen LogP contribution is -2.50. The average molecular weight is 675 g/mol. The molecule has 0 amide bonds. The van der Waals surface area contributed by atoms with Gasteiger partial charge in [0.1, 0.15) is 73.9 Å². The molecule has 0 atom stereocenters. The van der Waals surface area contributed by atoms with Crippen LogP contribution in [0.2, 0.25) is 0 Å². The fraction of sp³-hybridized carbons (Fsp3) is 0. The molecule has 1 aromatic heterocycles. The Bertz CT molecular complexity index is 3220. The molecule has 9 heteroatoms. The molecule has 10 aromatic rings. The normalized spacial score (nSPS) is 11.9. The SMILES string of the molecule is [B]c1c([B])c([B])c2c(-c3ccc4oc5cc6ccccc6cc5c4c3)c3c([B])c([B])c([B])c([B])c3c(-c3cccc(-c4cccc5ccccc45)c3)c2c1[B]. The van der Waals surface area contributed by atoms with Gasteiger partial charge in [0.25, 0.3) is 0 Å². The number of furan rings is 1. The van der Waals surface area contributed by atoms with Crippen molar-refractivity contribution in [3.63, 3.8) is 0 Å². The van der Waals surface area contributed by atoms with Crippen molar-refractivity contribution in [1.82, 2.24) is 0 Å². The van der Waals surface area contributed by atoms with E-state index in [9.17, 15) is 0 Å². The molecule has 10 rings (SSSR count). The molecule has 0 aliphatic rings. The van der Waals surface area contributed by atoms with Crippen LogP contribution in [0, 0.1) is 0 Å². The van der Waals surface area contributed by atoms with Gasteiger partial charge in [-0.15, -0.1) is 21.9 Å². The lowest BCUT2D eigenvalue weighted by atomic mass is 9.59. The number of benzene rings is 9. The topological polar surface area (TPSA) is 13.1 Å². The fourth-order valence-electron chi connectivity index (χ4n) is 8.46. The zero-order chi connectivity index (χ0) is 37.9. The second-order valence-electron chi connectivity index (χ2n) is 14.2. The smallest absolute Gasteiger partial charge is 0.136 e. The molecule has 0 saturated carbocycles. The van der Waals surface area contributed by atoms with Gasteiger partial charge in [0.2, 0.25) is 0 Å². The third-order valence-corrected chi connectivity index (χ3v) is 11.2. The predicted octanol–water partition coefficient (Wildman–Crippen LogP) is 3.55. The molecule has 0 unspecified atom stereocenters. The molecule has 55 heavy (non-hydrogen) atoms. The second-order valence-corrected chi connectivity index (χ2v) is 14.2. The molecule has 0 saturated heterocycles. The van der Waals surface area contributed by atoms with Crippen LogP contribution >= 0.6 is 0 Å². The van der Waals surface area contributed by atoms with Gasteiger partial charge in [-0.3, -0.25) is 0 Å². The fourth-order valence-corrected chi connectivity index (χ4v) is 8.46. The van der Waals surface area contributed by atoms with Crippen LogP contribution in [0.3, 0.4) is 0 Å². The summed E-state index contributed by atoms with van der Waals surface area (Å²) < 4.78 is 6.37. The van der Waals surface area contributed by atoms with Gasteiger partial charge >= 0.3 is 0 Å². The Morgan fingerprint density at radius 1 is 0.309 bits per heavy atom. The van der Waals surface area contributed by atoms with Crippen LogP contribution in [0.4, 0.5) is 0 Å². The van der Waals surface area contributed by atoms with Gasteiger partial charge in [0.05, 0.1) is 0 Å². The molecular formula is C46H20B8O. The molecule has 0 N–H and O–H groups in total. The minimum Gasteiger partial charge on any atom is -0.456 e. The van der Waals surface area contributed by atoms with Gasteiger partial charge in [0.15, 0.2) is 0 Å². The van der Waals surface area contributed by atoms with E-state index in [0.29, 0.717) is 32.7 Å². The summed E-state index contributed by atoms with van der Waals surface area (Å²) in [6.45, 7) is 0. The van der Waals surface area contributed by atoms with Crippen LogP contribution < -0.4 is 43.7 Å². The Balaban J connectivity index is 1.37. The molecule has 234 valence electrons. The highest BCUT2D eigenvalue weighted by atomic mass is 16.3. The summed E-state index contributed by atoms with van der Waals surface area (Å²) in [4.78, 5) is 0. The van der Waals surface area contributed by atoms with Gasteiger partial charge in [-0.2, -0.15) is 0 Å². The Kier molecular flexibility index (Phi) is 7.66. The monoisotopic (exact) mass is 676 g/mol. The third-order valence-electron chi connectivity index (χ3n) is 11.2. The van der Waals surface area contributed by atoms with Crippen LogP contribution in [0.25, 0.3) is 98.4 Å². The molecule has 0 aliphatic heterocycles. The molecule has 0 aliphatic carbocycles. The number of rotatable bonds is 3. The van der Waals surface area contributed by atoms with Crippen molar-refractivity contribution in [1.29, 1.82) is 0 Å². The van der Waals surface area contributed by atoms with Crippen molar-refractivity contribution in [2.45, 2.75) is 0 Å². The molecule has 0 spiro atoms.